The first-order valence-corrected chi connectivity index (χ1v) is 7.69. The van der Waals surface area contributed by atoms with Crippen LogP contribution in [0, 0.1) is 6.92 Å². The minimum Gasteiger partial charge on any atom is -0.423 e. The summed E-state index contributed by atoms with van der Waals surface area (Å²) in [6, 6.07) is 20.4. The number of rotatable bonds is 4. The first-order valence-electron chi connectivity index (χ1n) is 7.69. The van der Waals surface area contributed by atoms with E-state index in [1.807, 2.05) is 61.5 Å². The highest BCUT2D eigenvalue weighted by Gasteiger charge is 2.07. The Hall–Kier alpha value is -3.20. The maximum absolute atomic E-state index is 12.1. The van der Waals surface area contributed by atoms with Crippen LogP contribution in [0.3, 0.4) is 0 Å². The average molecular weight is 315 g/mol. The third kappa shape index (κ3) is 4.17. The molecule has 1 heterocycles. The first-order chi connectivity index (χ1) is 11.7. The van der Waals surface area contributed by atoms with Crippen molar-refractivity contribution in [3.05, 3.63) is 95.3 Å². The summed E-state index contributed by atoms with van der Waals surface area (Å²) in [6.07, 6.45) is 5.66. The van der Waals surface area contributed by atoms with Gasteiger partial charge in [-0.3, -0.25) is 4.98 Å². The number of carbonyl (C=O) groups is 1. The molecule has 0 saturated carbocycles. The smallest absolute Gasteiger partial charge is 0.343 e. The maximum Gasteiger partial charge on any atom is 0.343 e. The molecule has 0 amide bonds. The molecule has 0 spiro atoms. The highest BCUT2D eigenvalue weighted by molar-refractivity contribution is 5.91. The van der Waals surface area contributed by atoms with Crippen LogP contribution in [0.1, 0.15) is 27.2 Å². The minimum absolute atomic E-state index is 0.355. The molecular formula is C21H17NO2. The van der Waals surface area contributed by atoms with Gasteiger partial charge >= 0.3 is 5.97 Å². The van der Waals surface area contributed by atoms with E-state index < -0.39 is 0 Å². The Morgan fingerprint density at radius 1 is 0.917 bits per heavy atom. The molecule has 24 heavy (non-hydrogen) atoms. The van der Waals surface area contributed by atoms with Gasteiger partial charge in [0.15, 0.2) is 0 Å². The molecule has 2 aromatic carbocycles. The molecule has 1 aromatic heterocycles. The molecule has 3 rings (SSSR count). The molecule has 3 aromatic rings. The molecule has 0 N–H and O–H groups in total. The summed E-state index contributed by atoms with van der Waals surface area (Å²) in [7, 11) is 0. The molecule has 3 nitrogen and oxygen atoms in total. The van der Waals surface area contributed by atoms with Gasteiger partial charge in [-0.15, -0.1) is 0 Å². The maximum atomic E-state index is 12.1. The predicted octanol–water partition coefficient (Wildman–Crippen LogP) is 4.78. The molecule has 0 unspecified atom stereocenters. The van der Waals surface area contributed by atoms with Gasteiger partial charge in [0.2, 0.25) is 0 Å². The fourth-order valence-corrected chi connectivity index (χ4v) is 2.16. The van der Waals surface area contributed by atoms with Gasteiger partial charge in [0.25, 0.3) is 0 Å². The molecule has 0 fully saturated rings. The van der Waals surface area contributed by atoms with Crippen molar-refractivity contribution in [1.29, 1.82) is 0 Å². The summed E-state index contributed by atoms with van der Waals surface area (Å²) < 4.78 is 5.38. The summed E-state index contributed by atoms with van der Waals surface area (Å²) in [6.45, 7) is 1.98. The van der Waals surface area contributed by atoms with Crippen molar-refractivity contribution in [2.75, 3.05) is 0 Å². The van der Waals surface area contributed by atoms with Crippen LogP contribution < -0.4 is 4.74 Å². The third-order valence-electron chi connectivity index (χ3n) is 3.51. The van der Waals surface area contributed by atoms with Gasteiger partial charge in [-0.1, -0.05) is 42.0 Å². The Labute approximate surface area is 141 Å². The van der Waals surface area contributed by atoms with E-state index in [9.17, 15) is 4.79 Å². The van der Waals surface area contributed by atoms with Gasteiger partial charge in [0.05, 0.1) is 11.3 Å². The Balaban J connectivity index is 1.65. The molecule has 118 valence electrons. The van der Waals surface area contributed by atoms with Gasteiger partial charge in [-0.05, 0) is 55.0 Å². The van der Waals surface area contributed by atoms with E-state index in [-0.39, 0.29) is 5.97 Å². The minimum atomic E-state index is -0.355. The van der Waals surface area contributed by atoms with Crippen LogP contribution in [-0.2, 0) is 0 Å². The SMILES string of the molecule is Cc1ccc(C(=O)Oc2ccc(C=Cc3ccccn3)cc2)cc1. The van der Waals surface area contributed by atoms with Crippen molar-refractivity contribution < 1.29 is 9.53 Å². The van der Waals surface area contributed by atoms with Gasteiger partial charge in [0, 0.05) is 6.20 Å². The first kappa shape index (κ1) is 15.7. The number of esters is 1. The number of carbonyl (C=O) groups excluding carboxylic acids is 1. The van der Waals surface area contributed by atoms with Crippen molar-refractivity contribution in [3.8, 4) is 5.75 Å². The van der Waals surface area contributed by atoms with E-state index >= 15 is 0 Å². The van der Waals surface area contributed by atoms with Crippen LogP contribution in [0.2, 0.25) is 0 Å². The Morgan fingerprint density at radius 3 is 2.33 bits per heavy atom. The molecule has 0 bridgehead atoms. The highest BCUT2D eigenvalue weighted by Crippen LogP contribution is 2.16. The molecular weight excluding hydrogens is 298 g/mol. The molecule has 0 atom stereocenters. The quantitative estimate of drug-likeness (QED) is 0.514. The van der Waals surface area contributed by atoms with E-state index in [1.165, 1.54) is 0 Å². The van der Waals surface area contributed by atoms with Gasteiger partial charge in [-0.25, -0.2) is 4.79 Å². The van der Waals surface area contributed by atoms with Crippen LogP contribution in [-0.4, -0.2) is 11.0 Å². The van der Waals surface area contributed by atoms with Gasteiger partial charge in [-0.2, -0.15) is 0 Å². The number of aryl methyl sites for hydroxylation is 1. The lowest BCUT2D eigenvalue weighted by molar-refractivity contribution is 0.0735. The predicted molar refractivity (Wildman–Crippen MR) is 95.7 cm³/mol. The lowest BCUT2D eigenvalue weighted by Crippen LogP contribution is -2.08. The number of nitrogens with zero attached hydrogens (tertiary/aromatic N) is 1. The highest BCUT2D eigenvalue weighted by atomic mass is 16.5. The molecule has 3 heteroatoms. The zero-order valence-electron chi connectivity index (χ0n) is 13.3. The van der Waals surface area contributed by atoms with E-state index in [1.54, 1.807) is 30.5 Å². The zero-order valence-corrected chi connectivity index (χ0v) is 13.3. The lowest BCUT2D eigenvalue weighted by Gasteiger charge is -2.05. The number of hydrogen-bond acceptors (Lipinski definition) is 3. The van der Waals surface area contributed by atoms with E-state index in [0.717, 1.165) is 16.8 Å². The number of aromatic nitrogens is 1. The van der Waals surface area contributed by atoms with Crippen LogP contribution >= 0.6 is 0 Å². The van der Waals surface area contributed by atoms with Crippen LogP contribution in [0.25, 0.3) is 12.2 Å². The fourth-order valence-electron chi connectivity index (χ4n) is 2.16. The molecule has 0 aliphatic rings. The van der Waals surface area contributed by atoms with Gasteiger partial charge < -0.3 is 4.74 Å². The van der Waals surface area contributed by atoms with Gasteiger partial charge in [0.1, 0.15) is 5.75 Å². The zero-order chi connectivity index (χ0) is 16.8. The van der Waals surface area contributed by atoms with Crippen molar-refractivity contribution in [1.82, 2.24) is 4.98 Å². The molecule has 0 saturated heterocycles. The average Bonchev–Trinajstić information content (AvgIpc) is 2.62. The number of benzene rings is 2. The second-order valence-corrected chi connectivity index (χ2v) is 5.41. The van der Waals surface area contributed by atoms with Crippen LogP contribution in [0.5, 0.6) is 5.75 Å². The van der Waals surface area contributed by atoms with E-state index in [4.69, 9.17) is 4.74 Å². The van der Waals surface area contributed by atoms with Crippen LogP contribution in [0.15, 0.2) is 72.9 Å². The second-order valence-electron chi connectivity index (χ2n) is 5.41. The summed E-state index contributed by atoms with van der Waals surface area (Å²) in [4.78, 5) is 16.3. The van der Waals surface area contributed by atoms with Crippen LogP contribution in [0.4, 0.5) is 0 Å². The number of pyridine rings is 1. The number of ether oxygens (including phenoxy) is 1. The molecule has 0 aliphatic carbocycles. The standard InChI is InChI=1S/C21H17NO2/c1-16-5-10-18(11-6-16)21(23)24-20-13-8-17(9-14-20)7-12-19-4-2-3-15-22-19/h2-15H,1H3. The normalized spacial score (nSPS) is 10.7. The summed E-state index contributed by atoms with van der Waals surface area (Å²) in [5, 5.41) is 0. The lowest BCUT2D eigenvalue weighted by atomic mass is 10.1. The molecule has 0 aliphatic heterocycles. The number of hydrogen-bond donors (Lipinski definition) is 0. The second kappa shape index (κ2) is 7.38. The third-order valence-corrected chi connectivity index (χ3v) is 3.51. The summed E-state index contributed by atoms with van der Waals surface area (Å²) in [5.41, 5.74) is 3.55. The monoisotopic (exact) mass is 315 g/mol. The Morgan fingerprint density at radius 2 is 1.67 bits per heavy atom. The van der Waals surface area contributed by atoms with Crippen molar-refractivity contribution in [2.24, 2.45) is 0 Å². The van der Waals surface area contributed by atoms with E-state index in [0.29, 0.717) is 11.3 Å². The summed E-state index contributed by atoms with van der Waals surface area (Å²) in [5.74, 6) is 0.169. The molecule has 0 radical (unpaired) electrons. The van der Waals surface area contributed by atoms with Crippen molar-refractivity contribution in [3.63, 3.8) is 0 Å². The summed E-state index contributed by atoms with van der Waals surface area (Å²) >= 11 is 0. The Kier molecular flexibility index (Phi) is 4.82. The Bertz CT molecular complexity index is 835. The van der Waals surface area contributed by atoms with Crippen molar-refractivity contribution in [2.45, 2.75) is 6.92 Å². The van der Waals surface area contributed by atoms with E-state index in [2.05, 4.69) is 4.98 Å². The van der Waals surface area contributed by atoms with Crippen molar-refractivity contribution >= 4 is 18.1 Å². The fraction of sp³-hybridized carbons (Fsp3) is 0.0476. The topological polar surface area (TPSA) is 39.2 Å². The largest absolute Gasteiger partial charge is 0.423 e.